The van der Waals surface area contributed by atoms with Gasteiger partial charge in [-0.2, -0.15) is 0 Å². The largest absolute Gasteiger partial charge is 0.490 e. The maximum atomic E-state index is 12.9. The number of aryl methyl sites for hydroxylation is 2. The molecule has 0 spiro atoms. The molecule has 0 radical (unpaired) electrons. The number of ether oxygens (including phenoxy) is 2. The lowest BCUT2D eigenvalue weighted by atomic mass is 10.1. The highest BCUT2D eigenvalue weighted by molar-refractivity contribution is 6.52. The Labute approximate surface area is 156 Å². The van der Waals surface area contributed by atoms with E-state index in [1.807, 2.05) is 32.9 Å². The van der Waals surface area contributed by atoms with Gasteiger partial charge in [0.25, 0.3) is 5.91 Å². The minimum absolute atomic E-state index is 0.204. The number of hydrogen-bond acceptors (Lipinski definition) is 4. The Hall–Kier alpha value is -2.79. The van der Waals surface area contributed by atoms with Crippen LogP contribution in [-0.2, 0) is 9.59 Å². The number of amides is 2. The van der Waals surface area contributed by atoms with Crippen molar-refractivity contribution in [3.8, 4) is 11.5 Å². The van der Waals surface area contributed by atoms with E-state index in [1.165, 1.54) is 0 Å². The molecule has 0 unspecified atom stereocenters. The van der Waals surface area contributed by atoms with Crippen LogP contribution in [0.15, 0.2) is 53.3 Å². The van der Waals surface area contributed by atoms with Gasteiger partial charge in [-0.15, -0.1) is 0 Å². The fourth-order valence-corrected chi connectivity index (χ4v) is 2.87. The number of para-hydroxylation sites is 2. The zero-order valence-electron chi connectivity index (χ0n) is 14.7. The Morgan fingerprint density at radius 2 is 1.69 bits per heavy atom. The van der Waals surface area contributed by atoms with E-state index in [9.17, 15) is 9.59 Å². The fraction of sp³-hybridized carbons (Fsp3) is 0.200. The van der Waals surface area contributed by atoms with E-state index in [4.69, 9.17) is 21.1 Å². The molecule has 0 saturated carbocycles. The number of carbonyl (C=O) groups is 2. The maximum absolute atomic E-state index is 12.9. The number of rotatable bonds is 5. The summed E-state index contributed by atoms with van der Waals surface area (Å²) < 4.78 is 11.2. The number of benzene rings is 2. The predicted molar refractivity (Wildman–Crippen MR) is 99.5 cm³/mol. The van der Waals surface area contributed by atoms with Crippen LogP contribution in [0.5, 0.6) is 11.5 Å². The van der Waals surface area contributed by atoms with Gasteiger partial charge in [0.05, 0.1) is 12.3 Å². The standard InChI is InChI=1S/C20H18ClNO4/c1-4-25-15-7-5-6-8-16(15)26-18-17(21)19(23)22(20(18)24)14-11-12(2)9-10-13(14)3/h5-11H,4H2,1-3H3. The molecule has 0 bridgehead atoms. The van der Waals surface area contributed by atoms with Gasteiger partial charge in [-0.25, -0.2) is 4.90 Å². The molecule has 5 nitrogen and oxygen atoms in total. The van der Waals surface area contributed by atoms with Crippen LogP contribution in [0, 0.1) is 13.8 Å². The number of carbonyl (C=O) groups excluding carboxylic acids is 2. The average molecular weight is 372 g/mol. The summed E-state index contributed by atoms with van der Waals surface area (Å²) in [6.07, 6.45) is 0. The van der Waals surface area contributed by atoms with E-state index in [0.29, 0.717) is 23.8 Å². The maximum Gasteiger partial charge on any atom is 0.302 e. The molecule has 2 amide bonds. The number of halogens is 1. The third-order valence-electron chi connectivity index (χ3n) is 3.95. The predicted octanol–water partition coefficient (Wildman–Crippen LogP) is 4.10. The number of hydrogen-bond donors (Lipinski definition) is 0. The molecule has 1 aliphatic rings. The lowest BCUT2D eigenvalue weighted by Gasteiger charge is -2.18. The third kappa shape index (κ3) is 3.18. The topological polar surface area (TPSA) is 55.8 Å². The molecular formula is C20H18ClNO4. The van der Waals surface area contributed by atoms with E-state index >= 15 is 0 Å². The van der Waals surface area contributed by atoms with Crippen LogP contribution in [0.3, 0.4) is 0 Å². The van der Waals surface area contributed by atoms with Gasteiger partial charge in [-0.05, 0) is 50.1 Å². The van der Waals surface area contributed by atoms with E-state index in [0.717, 1.165) is 16.0 Å². The lowest BCUT2D eigenvalue weighted by Crippen LogP contribution is -2.32. The van der Waals surface area contributed by atoms with Crippen molar-refractivity contribution in [1.82, 2.24) is 0 Å². The minimum atomic E-state index is -0.603. The Kier molecular flexibility index (Phi) is 5.00. The second-order valence-electron chi connectivity index (χ2n) is 5.86. The summed E-state index contributed by atoms with van der Waals surface area (Å²) in [5, 5.41) is -0.248. The summed E-state index contributed by atoms with van der Waals surface area (Å²) in [6, 6.07) is 12.4. The lowest BCUT2D eigenvalue weighted by molar-refractivity contribution is -0.121. The summed E-state index contributed by atoms with van der Waals surface area (Å²) in [4.78, 5) is 26.5. The summed E-state index contributed by atoms with van der Waals surface area (Å²) in [5.41, 5.74) is 2.21. The molecule has 2 aromatic carbocycles. The zero-order chi connectivity index (χ0) is 18.8. The molecule has 134 valence electrons. The molecule has 0 fully saturated rings. The van der Waals surface area contributed by atoms with Crippen molar-refractivity contribution in [1.29, 1.82) is 0 Å². The number of nitrogens with zero attached hydrogens (tertiary/aromatic N) is 1. The van der Waals surface area contributed by atoms with Crippen molar-refractivity contribution in [3.63, 3.8) is 0 Å². The van der Waals surface area contributed by atoms with E-state index in [1.54, 1.807) is 30.3 Å². The fourth-order valence-electron chi connectivity index (χ4n) is 2.67. The van der Waals surface area contributed by atoms with Gasteiger partial charge < -0.3 is 9.47 Å². The van der Waals surface area contributed by atoms with E-state index in [2.05, 4.69) is 0 Å². The quantitative estimate of drug-likeness (QED) is 0.742. The molecule has 3 rings (SSSR count). The van der Waals surface area contributed by atoms with Gasteiger partial charge in [0.1, 0.15) is 0 Å². The van der Waals surface area contributed by atoms with Crippen molar-refractivity contribution in [2.75, 3.05) is 11.5 Å². The second kappa shape index (κ2) is 7.22. The van der Waals surface area contributed by atoms with Crippen molar-refractivity contribution in [2.24, 2.45) is 0 Å². The van der Waals surface area contributed by atoms with Crippen molar-refractivity contribution >= 4 is 29.1 Å². The van der Waals surface area contributed by atoms with Gasteiger partial charge in [-0.3, -0.25) is 9.59 Å². The summed E-state index contributed by atoms with van der Waals surface area (Å²) in [6.45, 7) is 6.00. The van der Waals surface area contributed by atoms with Gasteiger partial charge in [0.2, 0.25) is 5.76 Å². The second-order valence-corrected chi connectivity index (χ2v) is 6.24. The molecule has 26 heavy (non-hydrogen) atoms. The highest BCUT2D eigenvalue weighted by atomic mass is 35.5. The Balaban J connectivity index is 1.96. The van der Waals surface area contributed by atoms with E-state index in [-0.39, 0.29) is 10.8 Å². The van der Waals surface area contributed by atoms with Crippen LogP contribution in [-0.4, -0.2) is 18.4 Å². The van der Waals surface area contributed by atoms with Crippen LogP contribution < -0.4 is 14.4 Å². The van der Waals surface area contributed by atoms with Crippen molar-refractivity contribution in [3.05, 3.63) is 64.4 Å². The summed E-state index contributed by atoms with van der Waals surface area (Å²) in [7, 11) is 0. The molecule has 0 saturated heterocycles. The highest BCUT2D eigenvalue weighted by Gasteiger charge is 2.41. The van der Waals surface area contributed by atoms with Gasteiger partial charge in [0, 0.05) is 0 Å². The van der Waals surface area contributed by atoms with Crippen molar-refractivity contribution < 1.29 is 19.1 Å². The SMILES string of the molecule is CCOc1ccccc1OC1=C(Cl)C(=O)N(c2cc(C)ccc2C)C1=O. The molecule has 0 aliphatic carbocycles. The molecule has 1 heterocycles. The summed E-state index contributed by atoms with van der Waals surface area (Å²) in [5.74, 6) is -0.608. The van der Waals surface area contributed by atoms with Crippen molar-refractivity contribution in [2.45, 2.75) is 20.8 Å². The van der Waals surface area contributed by atoms with Crippen LogP contribution in [0.25, 0.3) is 0 Å². The Morgan fingerprint density at radius 3 is 2.38 bits per heavy atom. The first kappa shape index (κ1) is 18.0. The monoisotopic (exact) mass is 371 g/mol. The first-order valence-corrected chi connectivity index (χ1v) is 8.57. The van der Waals surface area contributed by atoms with Gasteiger partial charge >= 0.3 is 5.91 Å². The Morgan fingerprint density at radius 1 is 1.00 bits per heavy atom. The highest BCUT2D eigenvalue weighted by Crippen LogP contribution is 2.35. The molecular weight excluding hydrogens is 354 g/mol. The smallest absolute Gasteiger partial charge is 0.302 e. The van der Waals surface area contributed by atoms with E-state index < -0.39 is 11.8 Å². The average Bonchev–Trinajstić information content (AvgIpc) is 2.82. The molecule has 2 aromatic rings. The van der Waals surface area contributed by atoms with Crippen LogP contribution in [0.4, 0.5) is 5.69 Å². The van der Waals surface area contributed by atoms with Gasteiger partial charge in [0.15, 0.2) is 16.5 Å². The zero-order valence-corrected chi connectivity index (χ0v) is 15.5. The van der Waals surface area contributed by atoms with Gasteiger partial charge in [-0.1, -0.05) is 35.9 Å². The van der Waals surface area contributed by atoms with Crippen LogP contribution in [0.2, 0.25) is 0 Å². The first-order chi connectivity index (χ1) is 12.4. The van der Waals surface area contributed by atoms with Crippen LogP contribution >= 0.6 is 11.6 Å². The third-order valence-corrected chi connectivity index (χ3v) is 4.29. The number of anilines is 1. The number of imide groups is 1. The molecule has 0 aromatic heterocycles. The normalized spacial score (nSPS) is 14.2. The minimum Gasteiger partial charge on any atom is -0.490 e. The molecule has 0 atom stereocenters. The Bertz CT molecular complexity index is 920. The molecule has 0 N–H and O–H groups in total. The molecule has 6 heteroatoms. The summed E-state index contributed by atoms with van der Waals surface area (Å²) >= 11 is 6.14. The van der Waals surface area contributed by atoms with Crippen LogP contribution in [0.1, 0.15) is 18.1 Å². The first-order valence-electron chi connectivity index (χ1n) is 8.19. The molecule has 1 aliphatic heterocycles.